The van der Waals surface area contributed by atoms with Crippen molar-refractivity contribution < 1.29 is 19.4 Å². The van der Waals surface area contributed by atoms with Crippen LogP contribution < -0.4 is 5.32 Å². The van der Waals surface area contributed by atoms with Gasteiger partial charge in [-0.2, -0.15) is 6.41 Å². The standard InChI is InChI=1S/C10H18NO4.C2H6.Fm/c1-10(2,3)15-9(14)5-4-8(6-12)11-7-13;1-2;/h8,12H,4-6H2,1-3H3,(H,11,13);1-2H3;/q-1;;. The monoisotopic (exact) mass is 503 g/mol. The summed E-state index contributed by atoms with van der Waals surface area (Å²) in [6.45, 7) is 9.14. The van der Waals surface area contributed by atoms with Gasteiger partial charge < -0.3 is 20.0 Å². The first-order chi connectivity index (χ1) is 7.89. The number of aliphatic hydroxyl groups excluding tert-OH is 1. The van der Waals surface area contributed by atoms with Crippen molar-refractivity contribution in [1.82, 2.24) is 5.32 Å². The summed E-state index contributed by atoms with van der Waals surface area (Å²) in [6, 6.07) is -0.435. The molecule has 0 aliphatic carbocycles. The number of rotatable bonds is 6. The van der Waals surface area contributed by atoms with E-state index in [1.165, 1.54) is 6.41 Å². The first-order valence-corrected chi connectivity index (χ1v) is 5.84. The van der Waals surface area contributed by atoms with Crippen molar-refractivity contribution in [2.24, 2.45) is 0 Å². The van der Waals surface area contributed by atoms with Crippen molar-refractivity contribution in [3.63, 3.8) is 0 Å². The van der Waals surface area contributed by atoms with Gasteiger partial charge in [-0.3, -0.25) is 4.79 Å². The van der Waals surface area contributed by atoms with Gasteiger partial charge in [0.25, 0.3) is 0 Å². The molecule has 0 aromatic rings. The normalized spacial score (nSPS) is 11.2. The molecule has 1 amide bonds. The van der Waals surface area contributed by atoms with E-state index in [0.717, 1.165) is 0 Å². The molecule has 0 aliphatic heterocycles. The largest absolute Gasteiger partial charge is 0.526 e. The van der Waals surface area contributed by atoms with Crippen LogP contribution in [0.2, 0.25) is 0 Å². The Bertz CT molecular complexity index is 217. The SMILES string of the molecule is CC.CC(C)(C)OC(=O)CCC(CO)N[C-]=O.[Fm]. The molecule has 0 saturated heterocycles. The molecule has 1 unspecified atom stereocenters. The van der Waals surface area contributed by atoms with Gasteiger partial charge in [0, 0.05) is 12.5 Å². The molecule has 0 fully saturated rings. The Kier molecular flexibility index (Phi) is 13.4. The maximum absolute atomic E-state index is 11.3. The summed E-state index contributed by atoms with van der Waals surface area (Å²) < 4.78 is 5.06. The Morgan fingerprint density at radius 3 is 2.22 bits per heavy atom. The average Bonchev–Trinajstić information content (AvgIpc) is 2.24. The van der Waals surface area contributed by atoms with Crippen LogP contribution in [0, 0.1) is 0 Å². The van der Waals surface area contributed by atoms with Crippen molar-refractivity contribution in [3.05, 3.63) is 0 Å². The van der Waals surface area contributed by atoms with Gasteiger partial charge in [-0.1, -0.05) is 13.8 Å². The molecule has 0 rings (SSSR count). The fraction of sp³-hybridized carbons (Fsp3) is 0.833. The van der Waals surface area contributed by atoms with Crippen LogP contribution in [0.3, 0.4) is 0 Å². The first-order valence-electron chi connectivity index (χ1n) is 5.84. The molecule has 114 valence electrons. The summed E-state index contributed by atoms with van der Waals surface area (Å²) in [5.74, 6) is -0.339. The van der Waals surface area contributed by atoms with Crippen molar-refractivity contribution in [2.45, 2.75) is 59.1 Å². The van der Waals surface area contributed by atoms with Crippen LogP contribution in [0.4, 0.5) is 0 Å². The van der Waals surface area contributed by atoms with Gasteiger partial charge in [-0.25, -0.2) is 0 Å². The van der Waals surface area contributed by atoms with Gasteiger partial charge in [0.05, 0.1) is 6.61 Å². The molecule has 0 aliphatic rings. The Hall–Kier alpha value is -2.10. The van der Waals surface area contributed by atoms with Crippen molar-refractivity contribution in [3.8, 4) is 0 Å². The molecule has 0 aromatic carbocycles. The van der Waals surface area contributed by atoms with Gasteiger partial charge in [-0.15, -0.1) is 0 Å². The molecule has 2 N–H and O–H groups in total. The molecule has 0 radical (unpaired) electrons. The van der Waals surface area contributed by atoms with Crippen LogP contribution in [0.1, 0.15) is 47.5 Å². The van der Waals surface area contributed by atoms with E-state index in [9.17, 15) is 9.59 Å². The van der Waals surface area contributed by atoms with Crippen LogP contribution >= 0.6 is 0 Å². The molecule has 0 bridgehead atoms. The fourth-order valence-corrected chi connectivity index (χ4v) is 0.977. The quantitative estimate of drug-likeness (QED) is 0.324. The fourth-order valence-electron chi connectivity index (χ4n) is 0.977. The number of hydrogen-bond acceptors (Lipinski definition) is 4. The van der Waals surface area contributed by atoms with Crippen LogP contribution in [0.15, 0.2) is 0 Å². The molecule has 6 heteroatoms. The molecule has 0 spiro atoms. The minimum absolute atomic E-state index is 0. The van der Waals surface area contributed by atoms with E-state index in [2.05, 4.69) is 5.32 Å². The van der Waals surface area contributed by atoms with E-state index < -0.39 is 11.6 Å². The predicted octanol–water partition coefficient (Wildman–Crippen LogP) is 1.15. The number of carbonyl (C=O) groups is 1. The third-order valence-electron chi connectivity index (χ3n) is 1.60. The zero-order valence-electron chi connectivity index (χ0n) is 11.7. The summed E-state index contributed by atoms with van der Waals surface area (Å²) in [5.41, 5.74) is -0.504. The Balaban J connectivity index is -0.000000709. The number of ether oxygens (including phenoxy) is 1. The third-order valence-corrected chi connectivity index (χ3v) is 1.60. The van der Waals surface area contributed by atoms with Gasteiger partial charge in [0.1, 0.15) is 5.60 Å². The van der Waals surface area contributed by atoms with Crippen LogP contribution in [0.25, 0.3) is 0 Å². The van der Waals surface area contributed by atoms with Crippen LogP contribution in [0.5, 0.6) is 0 Å². The molecule has 0 saturated carbocycles. The van der Waals surface area contributed by atoms with Gasteiger partial charge in [0.15, 0.2) is 0 Å². The van der Waals surface area contributed by atoms with E-state index in [1.807, 2.05) is 13.8 Å². The number of carbonyl (C=O) groups excluding carboxylic acids is 2. The van der Waals surface area contributed by atoms with E-state index in [0.29, 0.717) is 6.42 Å². The van der Waals surface area contributed by atoms with Gasteiger partial charge in [0.2, 0.25) is 0 Å². The molecule has 1 atom stereocenters. The molecule has 0 heterocycles. The smallest absolute Gasteiger partial charge is 0.306 e. The summed E-state index contributed by atoms with van der Waals surface area (Å²) in [7, 11) is 0. The summed E-state index contributed by atoms with van der Waals surface area (Å²) in [4.78, 5) is 21.2. The maximum atomic E-state index is 11.3. The van der Waals surface area contributed by atoms with Crippen LogP contribution in [-0.4, -0.2) is 35.7 Å². The minimum atomic E-state index is -0.504. The van der Waals surface area contributed by atoms with E-state index in [-0.39, 0.29) is 19.0 Å². The summed E-state index contributed by atoms with van der Waals surface area (Å²) >= 11 is 0. The number of hydrogen-bond donors (Lipinski definition) is 2. The van der Waals surface area contributed by atoms with Crippen molar-refractivity contribution >= 4 is 12.4 Å². The Morgan fingerprint density at radius 1 is 1.39 bits per heavy atom. The zero-order chi connectivity index (χ0) is 13.9. The van der Waals surface area contributed by atoms with Crippen LogP contribution in [-0.2, 0) is 14.3 Å². The Labute approximate surface area is 104 Å². The second-order valence-electron chi connectivity index (χ2n) is 4.25. The average molecular weight is 503 g/mol. The van der Waals surface area contributed by atoms with Crippen molar-refractivity contribution in [2.75, 3.05) is 6.61 Å². The van der Waals surface area contributed by atoms with Gasteiger partial charge in [-0.05, 0) is 27.2 Å². The summed E-state index contributed by atoms with van der Waals surface area (Å²) in [5, 5.41) is 11.1. The Morgan fingerprint density at radius 2 is 1.89 bits per heavy atom. The zero-order valence-corrected chi connectivity index (χ0v) is 14.1. The van der Waals surface area contributed by atoms with Crippen molar-refractivity contribution in [1.29, 1.82) is 0 Å². The third kappa shape index (κ3) is 13.9. The molecule has 5 nitrogen and oxygen atoms in total. The van der Waals surface area contributed by atoms with E-state index >= 15 is 0 Å². The number of esters is 1. The maximum Gasteiger partial charge on any atom is 0.306 e. The van der Waals surface area contributed by atoms with E-state index in [1.54, 1.807) is 20.8 Å². The molecular formula is C12H24FmNO4-. The number of aliphatic hydroxyl groups is 1. The topological polar surface area (TPSA) is 75.6 Å². The first kappa shape index (κ1) is 21.2. The van der Waals surface area contributed by atoms with E-state index in [4.69, 9.17) is 9.84 Å². The number of nitrogens with one attached hydrogen (secondary N) is 1. The predicted molar refractivity (Wildman–Crippen MR) is 66.1 cm³/mol. The minimum Gasteiger partial charge on any atom is -0.526 e. The molecule has 0 aromatic heterocycles. The second kappa shape index (κ2) is 11.4. The molecular weight excluding hydrogens is 479 g/mol. The van der Waals surface area contributed by atoms with Gasteiger partial charge >= 0.3 is 5.97 Å². The molecule has 18 heavy (non-hydrogen) atoms. The second-order valence-corrected chi connectivity index (χ2v) is 4.25. The summed E-state index contributed by atoms with van der Waals surface area (Å²) in [6.07, 6.45) is 1.99. The number of amides is 1.